The molecule has 0 heterocycles. The van der Waals surface area contributed by atoms with Crippen LogP contribution in [0.4, 0.5) is 0 Å². The van der Waals surface area contributed by atoms with Gasteiger partial charge in [0.15, 0.2) is 0 Å². The van der Waals surface area contributed by atoms with Crippen molar-refractivity contribution >= 4 is 5.91 Å². The second-order valence-corrected chi connectivity index (χ2v) is 6.55. The van der Waals surface area contributed by atoms with Crippen LogP contribution in [0, 0.1) is 0 Å². The van der Waals surface area contributed by atoms with E-state index in [1.54, 1.807) is 0 Å². The summed E-state index contributed by atoms with van der Waals surface area (Å²) in [7, 11) is 0. The molecule has 0 spiro atoms. The lowest BCUT2D eigenvalue weighted by molar-refractivity contribution is 0.0932. The second kappa shape index (κ2) is 8.11. The minimum absolute atomic E-state index is 0.0537. The summed E-state index contributed by atoms with van der Waals surface area (Å²) in [6, 6.07) is 17.9. The molecule has 24 heavy (non-hydrogen) atoms. The molecule has 1 aliphatic rings. The van der Waals surface area contributed by atoms with Crippen molar-refractivity contribution in [3.8, 4) is 0 Å². The van der Waals surface area contributed by atoms with Crippen LogP contribution in [0.3, 0.4) is 0 Å². The highest BCUT2D eigenvalue weighted by Crippen LogP contribution is 2.36. The molecule has 0 aromatic heterocycles. The van der Waals surface area contributed by atoms with Crippen LogP contribution in [-0.2, 0) is 0 Å². The van der Waals surface area contributed by atoms with Gasteiger partial charge in [-0.1, -0.05) is 48.9 Å². The van der Waals surface area contributed by atoms with Gasteiger partial charge in [-0.2, -0.15) is 0 Å². The molecular weight excluding hydrogens is 298 g/mol. The van der Waals surface area contributed by atoms with Gasteiger partial charge in [0.1, 0.15) is 0 Å². The van der Waals surface area contributed by atoms with E-state index >= 15 is 0 Å². The first-order valence-corrected chi connectivity index (χ1v) is 8.84. The third-order valence-electron chi connectivity index (χ3n) is 4.91. The van der Waals surface area contributed by atoms with E-state index < -0.39 is 0 Å². The van der Waals surface area contributed by atoms with Gasteiger partial charge in [0, 0.05) is 12.2 Å². The van der Waals surface area contributed by atoms with E-state index in [1.807, 2.05) is 42.5 Å². The maximum atomic E-state index is 12.6. The quantitative estimate of drug-likeness (QED) is 0.802. The molecule has 0 saturated heterocycles. The number of aliphatic hydroxyl groups is 1. The fourth-order valence-corrected chi connectivity index (χ4v) is 3.19. The Bertz CT molecular complexity index is 647. The molecule has 0 radical (unpaired) electrons. The number of rotatable bonds is 7. The van der Waals surface area contributed by atoms with Crippen LogP contribution in [0.5, 0.6) is 0 Å². The standard InChI is InChI=1S/C21H25NO2/c23-15-5-10-20(18-6-2-1-3-7-18)22-21(24)19-13-11-17(12-14-19)16-8-4-9-16/h1-3,6-7,11-14,16,20,23H,4-5,8-10,15H2,(H,22,24). The van der Waals surface area contributed by atoms with Crippen molar-refractivity contribution in [2.45, 2.75) is 44.1 Å². The highest BCUT2D eigenvalue weighted by molar-refractivity contribution is 5.94. The van der Waals surface area contributed by atoms with Crippen LogP contribution in [0.15, 0.2) is 54.6 Å². The molecule has 1 atom stereocenters. The van der Waals surface area contributed by atoms with Crippen molar-refractivity contribution in [1.29, 1.82) is 0 Å². The normalized spacial score (nSPS) is 15.5. The number of carbonyl (C=O) groups is 1. The first-order valence-electron chi connectivity index (χ1n) is 8.84. The summed E-state index contributed by atoms with van der Waals surface area (Å²) in [6.07, 6.45) is 5.24. The summed E-state index contributed by atoms with van der Waals surface area (Å²) < 4.78 is 0. The topological polar surface area (TPSA) is 49.3 Å². The van der Waals surface area contributed by atoms with Crippen molar-refractivity contribution in [3.05, 3.63) is 71.3 Å². The van der Waals surface area contributed by atoms with E-state index in [4.69, 9.17) is 5.11 Å². The molecular formula is C21H25NO2. The van der Waals surface area contributed by atoms with Crippen molar-refractivity contribution in [2.24, 2.45) is 0 Å². The lowest BCUT2D eigenvalue weighted by Crippen LogP contribution is -2.28. The van der Waals surface area contributed by atoms with E-state index in [2.05, 4.69) is 17.4 Å². The average Bonchev–Trinajstić information content (AvgIpc) is 2.58. The summed E-state index contributed by atoms with van der Waals surface area (Å²) in [5.41, 5.74) is 3.12. The van der Waals surface area contributed by atoms with E-state index in [0.717, 1.165) is 12.0 Å². The van der Waals surface area contributed by atoms with Gasteiger partial charge in [-0.3, -0.25) is 4.79 Å². The van der Waals surface area contributed by atoms with Gasteiger partial charge < -0.3 is 10.4 Å². The van der Waals surface area contributed by atoms with Crippen LogP contribution < -0.4 is 5.32 Å². The number of hydrogen-bond donors (Lipinski definition) is 2. The van der Waals surface area contributed by atoms with E-state index in [1.165, 1.54) is 24.8 Å². The lowest BCUT2D eigenvalue weighted by atomic mass is 9.80. The van der Waals surface area contributed by atoms with Crippen molar-refractivity contribution in [2.75, 3.05) is 6.61 Å². The van der Waals surface area contributed by atoms with Gasteiger partial charge in [-0.25, -0.2) is 0 Å². The maximum Gasteiger partial charge on any atom is 0.251 e. The summed E-state index contributed by atoms with van der Waals surface area (Å²) in [5, 5.41) is 12.2. The largest absolute Gasteiger partial charge is 0.396 e. The van der Waals surface area contributed by atoms with Crippen molar-refractivity contribution in [3.63, 3.8) is 0 Å². The smallest absolute Gasteiger partial charge is 0.251 e. The zero-order chi connectivity index (χ0) is 16.8. The average molecular weight is 323 g/mol. The van der Waals surface area contributed by atoms with Crippen LogP contribution in [0.2, 0.25) is 0 Å². The van der Waals surface area contributed by atoms with Gasteiger partial charge in [-0.05, 0) is 54.9 Å². The van der Waals surface area contributed by atoms with Crippen LogP contribution in [-0.4, -0.2) is 17.6 Å². The fraction of sp³-hybridized carbons (Fsp3) is 0.381. The van der Waals surface area contributed by atoms with E-state index in [9.17, 15) is 4.79 Å². The number of carbonyl (C=O) groups excluding carboxylic acids is 1. The predicted molar refractivity (Wildman–Crippen MR) is 96.0 cm³/mol. The number of nitrogens with one attached hydrogen (secondary N) is 1. The molecule has 2 N–H and O–H groups in total. The Hall–Kier alpha value is -2.13. The summed E-state index contributed by atoms with van der Waals surface area (Å²) >= 11 is 0. The summed E-state index contributed by atoms with van der Waals surface area (Å²) in [6.45, 7) is 0.134. The first-order chi connectivity index (χ1) is 11.8. The number of hydrogen-bond acceptors (Lipinski definition) is 2. The van der Waals surface area contributed by atoms with Crippen molar-refractivity contribution < 1.29 is 9.90 Å². The predicted octanol–water partition coefficient (Wildman–Crippen LogP) is 4.20. The molecule has 1 aliphatic carbocycles. The number of amides is 1. The van der Waals surface area contributed by atoms with Gasteiger partial charge in [-0.15, -0.1) is 0 Å². The van der Waals surface area contributed by atoms with Gasteiger partial charge in [0.25, 0.3) is 5.91 Å². The molecule has 1 saturated carbocycles. The molecule has 3 rings (SSSR count). The number of aliphatic hydroxyl groups excluding tert-OH is 1. The molecule has 3 heteroatoms. The zero-order valence-electron chi connectivity index (χ0n) is 13.9. The molecule has 1 unspecified atom stereocenters. The SMILES string of the molecule is O=C(NC(CCCO)c1ccccc1)c1ccc(C2CCC2)cc1. The molecule has 126 valence electrons. The molecule has 0 aliphatic heterocycles. The molecule has 1 amide bonds. The Labute approximate surface area is 143 Å². The number of benzene rings is 2. The lowest BCUT2D eigenvalue weighted by Gasteiger charge is -2.26. The Morgan fingerprint density at radius 1 is 1.08 bits per heavy atom. The Morgan fingerprint density at radius 2 is 1.79 bits per heavy atom. The highest BCUT2D eigenvalue weighted by Gasteiger charge is 2.20. The molecule has 3 nitrogen and oxygen atoms in total. The van der Waals surface area contributed by atoms with Gasteiger partial charge in [0.2, 0.25) is 0 Å². The Morgan fingerprint density at radius 3 is 2.38 bits per heavy atom. The second-order valence-electron chi connectivity index (χ2n) is 6.55. The van der Waals surface area contributed by atoms with E-state index in [0.29, 0.717) is 17.9 Å². The molecule has 2 aromatic rings. The van der Waals surface area contributed by atoms with Crippen LogP contribution in [0.25, 0.3) is 0 Å². The molecule has 2 aromatic carbocycles. The molecule has 0 bridgehead atoms. The summed E-state index contributed by atoms with van der Waals surface area (Å²) in [4.78, 5) is 12.6. The minimum Gasteiger partial charge on any atom is -0.396 e. The fourth-order valence-electron chi connectivity index (χ4n) is 3.19. The minimum atomic E-state index is -0.0721. The first kappa shape index (κ1) is 16.7. The third-order valence-corrected chi connectivity index (χ3v) is 4.91. The summed E-state index contributed by atoms with van der Waals surface area (Å²) in [5.74, 6) is 0.630. The van der Waals surface area contributed by atoms with Crippen LogP contribution >= 0.6 is 0 Å². The van der Waals surface area contributed by atoms with Crippen molar-refractivity contribution in [1.82, 2.24) is 5.32 Å². The Balaban J connectivity index is 1.68. The third kappa shape index (κ3) is 4.04. The monoisotopic (exact) mass is 323 g/mol. The van der Waals surface area contributed by atoms with Crippen LogP contribution in [0.1, 0.15) is 65.5 Å². The maximum absolute atomic E-state index is 12.6. The molecule has 1 fully saturated rings. The van der Waals surface area contributed by atoms with E-state index in [-0.39, 0.29) is 18.6 Å². The van der Waals surface area contributed by atoms with Gasteiger partial charge in [0.05, 0.1) is 6.04 Å². The zero-order valence-corrected chi connectivity index (χ0v) is 13.9. The highest BCUT2D eigenvalue weighted by atomic mass is 16.3. The Kier molecular flexibility index (Phi) is 5.65. The van der Waals surface area contributed by atoms with Gasteiger partial charge >= 0.3 is 0 Å².